The lowest BCUT2D eigenvalue weighted by atomic mass is 10.8. The maximum Gasteiger partial charge on any atom is 0.170 e. The molecule has 0 aromatic rings. The molecule has 0 N–H and O–H groups in total. The third-order valence-corrected chi connectivity index (χ3v) is 1.03. The van der Waals surface area contributed by atoms with Crippen molar-refractivity contribution in [2.75, 3.05) is 6.61 Å². The SMILES string of the molecule is BrC1COC=N1. The summed E-state index contributed by atoms with van der Waals surface area (Å²) >= 11 is 3.22. The number of nitrogens with zero attached hydrogens (tertiary/aromatic N) is 1. The molecule has 1 aliphatic rings. The number of ether oxygens (including phenoxy) is 1. The van der Waals surface area contributed by atoms with Crippen molar-refractivity contribution in [3.05, 3.63) is 0 Å². The lowest BCUT2D eigenvalue weighted by Crippen LogP contribution is -1.92. The van der Waals surface area contributed by atoms with E-state index < -0.39 is 0 Å². The van der Waals surface area contributed by atoms with E-state index in [1.54, 1.807) is 0 Å². The zero-order valence-electron chi connectivity index (χ0n) is 3.10. The predicted molar refractivity (Wildman–Crippen MR) is 27.2 cm³/mol. The molecular weight excluding hydrogens is 146 g/mol. The van der Waals surface area contributed by atoms with E-state index in [0.717, 1.165) is 0 Å². The van der Waals surface area contributed by atoms with Gasteiger partial charge in [-0.05, 0) is 0 Å². The summed E-state index contributed by atoms with van der Waals surface area (Å²) in [5, 5.41) is 0. The summed E-state index contributed by atoms with van der Waals surface area (Å²) in [6.07, 6.45) is 1.46. The lowest BCUT2D eigenvalue weighted by Gasteiger charge is -1.86. The summed E-state index contributed by atoms with van der Waals surface area (Å²) in [6, 6.07) is 0. The monoisotopic (exact) mass is 149 g/mol. The standard InChI is InChI=1S/C3H4BrNO/c4-3-1-6-2-5-3/h2-3H,1H2. The molecule has 0 spiro atoms. The van der Waals surface area contributed by atoms with Crippen molar-refractivity contribution in [2.45, 2.75) is 4.95 Å². The van der Waals surface area contributed by atoms with E-state index >= 15 is 0 Å². The highest BCUT2D eigenvalue weighted by atomic mass is 79.9. The van der Waals surface area contributed by atoms with Crippen LogP contribution in [0.25, 0.3) is 0 Å². The van der Waals surface area contributed by atoms with Crippen LogP contribution in [0.3, 0.4) is 0 Å². The van der Waals surface area contributed by atoms with Crippen molar-refractivity contribution in [1.82, 2.24) is 0 Å². The average molecular weight is 150 g/mol. The fourth-order valence-electron chi connectivity index (χ4n) is 0.275. The number of rotatable bonds is 0. The summed E-state index contributed by atoms with van der Waals surface area (Å²) in [6.45, 7) is 0.681. The highest BCUT2D eigenvalue weighted by Crippen LogP contribution is 2.04. The van der Waals surface area contributed by atoms with Gasteiger partial charge in [0.2, 0.25) is 0 Å². The topological polar surface area (TPSA) is 21.6 Å². The second-order valence-corrected chi connectivity index (χ2v) is 2.08. The average Bonchev–Trinajstić information content (AvgIpc) is 1.86. The Morgan fingerprint density at radius 3 is 3.00 bits per heavy atom. The maximum atomic E-state index is 4.72. The lowest BCUT2D eigenvalue weighted by molar-refractivity contribution is 0.355. The van der Waals surface area contributed by atoms with Crippen molar-refractivity contribution in [3.63, 3.8) is 0 Å². The van der Waals surface area contributed by atoms with Crippen LogP contribution in [-0.2, 0) is 4.74 Å². The Balaban J connectivity index is 2.38. The molecule has 2 nitrogen and oxygen atoms in total. The predicted octanol–water partition coefficient (Wildman–Crippen LogP) is 0.766. The molecule has 1 rings (SSSR count). The normalized spacial score (nSPS) is 30.5. The number of halogens is 1. The first-order valence-corrected chi connectivity index (χ1v) is 2.58. The summed E-state index contributed by atoms with van der Waals surface area (Å²) in [5.74, 6) is 0. The van der Waals surface area contributed by atoms with E-state index in [1.165, 1.54) is 6.40 Å². The fourth-order valence-corrected chi connectivity index (χ4v) is 0.524. The van der Waals surface area contributed by atoms with Gasteiger partial charge in [-0.15, -0.1) is 0 Å². The Kier molecular flexibility index (Phi) is 1.10. The minimum atomic E-state index is 0.206. The van der Waals surface area contributed by atoms with E-state index in [0.29, 0.717) is 6.61 Å². The number of alkyl halides is 1. The van der Waals surface area contributed by atoms with Gasteiger partial charge in [0.25, 0.3) is 0 Å². The van der Waals surface area contributed by atoms with E-state index in [2.05, 4.69) is 20.9 Å². The molecule has 3 heteroatoms. The van der Waals surface area contributed by atoms with E-state index in [1.807, 2.05) is 0 Å². The molecule has 0 aliphatic carbocycles. The third-order valence-electron chi connectivity index (χ3n) is 0.531. The molecule has 1 atom stereocenters. The molecule has 34 valence electrons. The van der Waals surface area contributed by atoms with Crippen LogP contribution in [0.4, 0.5) is 0 Å². The van der Waals surface area contributed by atoms with Crippen molar-refractivity contribution >= 4 is 22.3 Å². The Labute approximate surface area is 44.3 Å². The number of aliphatic imine (C=N–C) groups is 1. The van der Waals surface area contributed by atoms with Gasteiger partial charge in [-0.1, -0.05) is 15.9 Å². The van der Waals surface area contributed by atoms with Crippen LogP contribution in [0.5, 0.6) is 0 Å². The molecule has 0 fully saturated rings. The molecule has 0 aromatic carbocycles. The van der Waals surface area contributed by atoms with Gasteiger partial charge in [0.05, 0.1) is 0 Å². The van der Waals surface area contributed by atoms with Crippen LogP contribution in [0.2, 0.25) is 0 Å². The summed E-state index contributed by atoms with van der Waals surface area (Å²) in [7, 11) is 0. The van der Waals surface area contributed by atoms with Gasteiger partial charge < -0.3 is 4.74 Å². The molecule has 1 aliphatic heterocycles. The second kappa shape index (κ2) is 1.60. The van der Waals surface area contributed by atoms with Gasteiger partial charge in [0, 0.05) is 0 Å². The first-order valence-electron chi connectivity index (χ1n) is 1.67. The quantitative estimate of drug-likeness (QED) is 0.369. The molecule has 1 unspecified atom stereocenters. The Bertz CT molecular complexity index is 73.2. The number of hydrogen-bond donors (Lipinski definition) is 0. The van der Waals surface area contributed by atoms with Gasteiger partial charge in [0.1, 0.15) is 11.6 Å². The maximum absolute atomic E-state index is 4.72. The minimum absolute atomic E-state index is 0.206. The van der Waals surface area contributed by atoms with Crippen molar-refractivity contribution < 1.29 is 4.74 Å². The molecule has 0 radical (unpaired) electrons. The first-order chi connectivity index (χ1) is 2.89. The van der Waals surface area contributed by atoms with Crippen LogP contribution in [0, 0.1) is 0 Å². The van der Waals surface area contributed by atoms with Crippen LogP contribution in [0.1, 0.15) is 0 Å². The van der Waals surface area contributed by atoms with Gasteiger partial charge >= 0.3 is 0 Å². The minimum Gasteiger partial charge on any atom is -0.480 e. The Morgan fingerprint density at radius 1 is 2.00 bits per heavy atom. The highest BCUT2D eigenvalue weighted by Gasteiger charge is 2.03. The molecular formula is C3H4BrNO. The molecule has 0 saturated carbocycles. The van der Waals surface area contributed by atoms with Crippen LogP contribution < -0.4 is 0 Å². The van der Waals surface area contributed by atoms with Crippen LogP contribution in [0.15, 0.2) is 4.99 Å². The van der Waals surface area contributed by atoms with Crippen molar-refractivity contribution in [2.24, 2.45) is 4.99 Å². The molecule has 0 bridgehead atoms. The Hall–Kier alpha value is -0.0500. The van der Waals surface area contributed by atoms with Gasteiger partial charge in [-0.3, -0.25) is 0 Å². The van der Waals surface area contributed by atoms with E-state index in [4.69, 9.17) is 4.74 Å². The van der Waals surface area contributed by atoms with Crippen molar-refractivity contribution in [1.29, 1.82) is 0 Å². The molecule has 1 heterocycles. The summed E-state index contributed by atoms with van der Waals surface area (Å²) in [5.41, 5.74) is 0. The smallest absolute Gasteiger partial charge is 0.170 e. The molecule has 6 heavy (non-hydrogen) atoms. The van der Waals surface area contributed by atoms with Gasteiger partial charge in [-0.25, -0.2) is 4.99 Å². The van der Waals surface area contributed by atoms with Gasteiger partial charge in [0.15, 0.2) is 6.40 Å². The van der Waals surface area contributed by atoms with Crippen LogP contribution in [-0.4, -0.2) is 18.0 Å². The largest absolute Gasteiger partial charge is 0.480 e. The number of hydrogen-bond acceptors (Lipinski definition) is 2. The molecule has 0 aromatic heterocycles. The zero-order chi connectivity index (χ0) is 4.41. The van der Waals surface area contributed by atoms with Crippen LogP contribution >= 0.6 is 15.9 Å². The second-order valence-electron chi connectivity index (χ2n) is 1.02. The molecule has 0 saturated heterocycles. The Morgan fingerprint density at radius 2 is 2.83 bits per heavy atom. The third kappa shape index (κ3) is 0.712. The molecule has 0 amide bonds. The summed E-state index contributed by atoms with van der Waals surface area (Å²) < 4.78 is 4.72. The highest BCUT2D eigenvalue weighted by molar-refractivity contribution is 9.09. The van der Waals surface area contributed by atoms with E-state index in [9.17, 15) is 0 Å². The first kappa shape index (κ1) is 4.12. The van der Waals surface area contributed by atoms with Gasteiger partial charge in [-0.2, -0.15) is 0 Å². The summed E-state index contributed by atoms with van der Waals surface area (Å²) in [4.78, 5) is 4.01. The van der Waals surface area contributed by atoms with E-state index in [-0.39, 0.29) is 4.95 Å². The zero-order valence-corrected chi connectivity index (χ0v) is 4.68. The van der Waals surface area contributed by atoms with Crippen molar-refractivity contribution in [3.8, 4) is 0 Å². The fraction of sp³-hybridized carbons (Fsp3) is 0.667.